The average molecular weight is 603 g/mol. The van der Waals surface area contributed by atoms with E-state index in [0.717, 1.165) is 0 Å². The molecule has 3 heterocycles. The molecular weight excluding hydrogens is 573 g/mol. The van der Waals surface area contributed by atoms with Gasteiger partial charge in [0.2, 0.25) is 10.0 Å². The molecule has 14 heteroatoms. The highest BCUT2D eigenvalue weighted by Gasteiger charge is 2.26. The van der Waals surface area contributed by atoms with Gasteiger partial charge in [-0.25, -0.2) is 32.2 Å². The van der Waals surface area contributed by atoms with Crippen LogP contribution in [0.4, 0.5) is 30.5 Å². The Hall–Kier alpha value is -4.17. The fourth-order valence-electron chi connectivity index (χ4n) is 4.75. The Morgan fingerprint density at radius 3 is 2.71 bits per heavy atom. The van der Waals surface area contributed by atoms with Crippen LogP contribution in [-0.2, 0) is 14.8 Å². The quantitative estimate of drug-likeness (QED) is 0.283. The summed E-state index contributed by atoms with van der Waals surface area (Å²) in [6, 6.07) is 8.69. The van der Waals surface area contributed by atoms with Gasteiger partial charge < -0.3 is 20.1 Å². The molecule has 3 N–H and O–H groups in total. The first-order valence-corrected chi connectivity index (χ1v) is 14.8. The Labute approximate surface area is 240 Å². The van der Waals surface area contributed by atoms with Crippen molar-refractivity contribution in [3.05, 3.63) is 54.2 Å². The summed E-state index contributed by atoms with van der Waals surface area (Å²) in [5.41, 5.74) is 6.46. The molecule has 222 valence electrons. The van der Waals surface area contributed by atoms with Gasteiger partial charge in [0.25, 0.3) is 0 Å². The van der Waals surface area contributed by atoms with Crippen molar-refractivity contribution in [2.45, 2.75) is 19.4 Å². The second-order valence-corrected chi connectivity index (χ2v) is 11.6. The van der Waals surface area contributed by atoms with Crippen LogP contribution < -0.4 is 20.1 Å². The number of halogens is 3. The first-order valence-electron chi connectivity index (χ1n) is 13.1. The van der Waals surface area contributed by atoms with Crippen molar-refractivity contribution in [2.24, 2.45) is 0 Å². The van der Waals surface area contributed by atoms with Crippen molar-refractivity contribution in [3.63, 3.8) is 0 Å². The van der Waals surface area contributed by atoms with Gasteiger partial charge >= 0.3 is 0 Å². The van der Waals surface area contributed by atoms with E-state index in [2.05, 4.69) is 14.7 Å². The number of nitrogens with one attached hydrogen (secondary N) is 1. The second kappa shape index (κ2) is 12.0. The predicted molar refractivity (Wildman–Crippen MR) is 155 cm³/mol. The molecule has 1 aliphatic rings. The summed E-state index contributed by atoms with van der Waals surface area (Å²) < 4.78 is 80.8. The minimum Gasteiger partial charge on any atom is -0.494 e. The van der Waals surface area contributed by atoms with E-state index in [4.69, 9.17) is 20.2 Å². The number of hydrogen-bond acceptors (Lipinski definition) is 9. The Kier molecular flexibility index (Phi) is 8.36. The first-order chi connectivity index (χ1) is 20.1. The van der Waals surface area contributed by atoms with Gasteiger partial charge in [-0.05, 0) is 43.2 Å². The van der Waals surface area contributed by atoms with E-state index in [1.807, 2.05) is 11.8 Å². The highest BCUT2D eigenvalue weighted by Crippen LogP contribution is 2.39. The number of nitrogens with zero attached hydrogens (tertiary/aromatic N) is 4. The molecule has 2 aromatic heterocycles. The molecule has 2 aromatic carbocycles. The zero-order valence-corrected chi connectivity index (χ0v) is 23.7. The van der Waals surface area contributed by atoms with Crippen molar-refractivity contribution in [2.75, 3.05) is 54.7 Å². The van der Waals surface area contributed by atoms with E-state index in [1.54, 1.807) is 12.1 Å². The maximum absolute atomic E-state index is 15.8. The van der Waals surface area contributed by atoms with Crippen LogP contribution in [0.3, 0.4) is 0 Å². The highest BCUT2D eigenvalue weighted by atomic mass is 32.2. The Bertz CT molecular complexity index is 1740. The van der Waals surface area contributed by atoms with Gasteiger partial charge in [0, 0.05) is 29.3 Å². The van der Waals surface area contributed by atoms with E-state index < -0.39 is 34.1 Å². The summed E-state index contributed by atoms with van der Waals surface area (Å²) in [7, 11) is -2.52. The number of rotatable bonds is 9. The maximum atomic E-state index is 15.8. The monoisotopic (exact) mass is 602 g/mol. The molecule has 0 bridgehead atoms. The summed E-state index contributed by atoms with van der Waals surface area (Å²) in [6.07, 6.45) is 1.17. The number of benzene rings is 2. The number of ether oxygens (including phenoxy) is 2. The molecule has 0 unspecified atom stereocenters. The lowest BCUT2D eigenvalue weighted by Crippen LogP contribution is -2.44. The molecule has 0 amide bonds. The van der Waals surface area contributed by atoms with Crippen LogP contribution in [0.5, 0.6) is 5.75 Å². The topological polar surface area (TPSA) is 133 Å². The van der Waals surface area contributed by atoms with Crippen LogP contribution in [0.25, 0.3) is 33.4 Å². The molecule has 0 saturated carbocycles. The van der Waals surface area contributed by atoms with Gasteiger partial charge in [-0.2, -0.15) is 0 Å². The lowest BCUT2D eigenvalue weighted by atomic mass is 10.0. The Morgan fingerprint density at radius 2 is 2.00 bits per heavy atom. The van der Waals surface area contributed by atoms with E-state index in [1.165, 1.54) is 37.6 Å². The van der Waals surface area contributed by atoms with Crippen LogP contribution >= 0.6 is 0 Å². The zero-order chi connectivity index (χ0) is 30.0. The van der Waals surface area contributed by atoms with Crippen molar-refractivity contribution in [3.8, 4) is 28.3 Å². The summed E-state index contributed by atoms with van der Waals surface area (Å²) in [5, 5.41) is 0.527. The highest BCUT2D eigenvalue weighted by molar-refractivity contribution is 7.92. The van der Waals surface area contributed by atoms with Gasteiger partial charge in [0.1, 0.15) is 17.1 Å². The number of nitrogen functional groups attached to an aromatic ring is 1. The van der Waals surface area contributed by atoms with Gasteiger partial charge in [-0.15, -0.1) is 0 Å². The number of morpholine rings is 1. The van der Waals surface area contributed by atoms with Gasteiger partial charge in [0.15, 0.2) is 23.3 Å². The number of anilines is 3. The number of aromatic nitrogens is 3. The summed E-state index contributed by atoms with van der Waals surface area (Å²) in [4.78, 5) is 15.4. The molecular formula is C28H29F3N6O4S. The SMILES string of the molecule is COc1cc(-c2cccc(NS(=O)(=O)CCCF)c2F)cc2c(N3CCOC[C@H]3C)nc(-c3cnc(N)c(F)c3)nc12. The van der Waals surface area contributed by atoms with Gasteiger partial charge in [-0.3, -0.25) is 9.11 Å². The third kappa shape index (κ3) is 5.90. The second-order valence-electron chi connectivity index (χ2n) is 9.78. The van der Waals surface area contributed by atoms with Crippen molar-refractivity contribution >= 4 is 38.2 Å². The minimum atomic E-state index is -3.96. The zero-order valence-electron chi connectivity index (χ0n) is 22.9. The van der Waals surface area contributed by atoms with Crippen LogP contribution in [-0.4, -0.2) is 68.7 Å². The summed E-state index contributed by atoms with van der Waals surface area (Å²) in [5.74, 6) is -1.30. The van der Waals surface area contributed by atoms with Crippen LogP contribution in [0.2, 0.25) is 0 Å². The summed E-state index contributed by atoms with van der Waals surface area (Å²) >= 11 is 0. The lowest BCUT2D eigenvalue weighted by Gasteiger charge is -2.35. The number of methoxy groups -OCH3 is 1. The molecule has 1 aliphatic heterocycles. The average Bonchev–Trinajstić information content (AvgIpc) is 2.97. The van der Waals surface area contributed by atoms with Crippen molar-refractivity contribution < 1.29 is 31.1 Å². The van der Waals surface area contributed by atoms with Crippen LogP contribution in [0, 0.1) is 11.6 Å². The van der Waals surface area contributed by atoms with Crippen LogP contribution in [0.15, 0.2) is 42.6 Å². The molecule has 42 heavy (non-hydrogen) atoms. The number of fused-ring (bicyclic) bond motifs is 1. The fraction of sp³-hybridized carbons (Fsp3) is 0.321. The molecule has 1 atom stereocenters. The standard InChI is InChI=1S/C28H29F3N6O4S/c1-16-15-41-9-8-37(16)28-20-11-17(19-5-3-6-22(24(19)31)36-42(38,39)10-4-7-29)13-23(40-2)25(20)34-27(35-28)18-12-21(30)26(32)33-14-18/h3,5-6,11-14,16,36H,4,7-10,15H2,1-2H3,(H2,32,33)/t16-/m1/s1. The lowest BCUT2D eigenvalue weighted by molar-refractivity contribution is 0.0987. The van der Waals surface area contributed by atoms with E-state index in [0.29, 0.717) is 47.6 Å². The third-order valence-electron chi connectivity index (χ3n) is 6.85. The Morgan fingerprint density at radius 1 is 1.19 bits per heavy atom. The maximum Gasteiger partial charge on any atom is 0.232 e. The molecule has 1 fully saturated rings. The predicted octanol–water partition coefficient (Wildman–Crippen LogP) is 4.55. The smallest absolute Gasteiger partial charge is 0.232 e. The molecule has 5 rings (SSSR count). The van der Waals surface area contributed by atoms with Gasteiger partial charge in [-0.1, -0.05) is 12.1 Å². The van der Waals surface area contributed by atoms with E-state index in [9.17, 15) is 17.2 Å². The van der Waals surface area contributed by atoms with E-state index >= 15 is 4.39 Å². The van der Waals surface area contributed by atoms with Gasteiger partial charge in [0.05, 0.1) is 44.5 Å². The number of nitrogens with two attached hydrogens (primary N) is 1. The molecule has 0 spiro atoms. The molecule has 0 radical (unpaired) electrons. The molecule has 4 aromatic rings. The minimum absolute atomic E-state index is 0.0839. The van der Waals surface area contributed by atoms with Crippen molar-refractivity contribution in [1.82, 2.24) is 15.0 Å². The van der Waals surface area contributed by atoms with Crippen molar-refractivity contribution in [1.29, 1.82) is 0 Å². The number of sulfonamides is 1. The van der Waals surface area contributed by atoms with Crippen LogP contribution in [0.1, 0.15) is 13.3 Å². The molecule has 0 aliphatic carbocycles. The molecule has 10 nitrogen and oxygen atoms in total. The largest absolute Gasteiger partial charge is 0.494 e. The molecule has 1 saturated heterocycles. The first kappa shape index (κ1) is 29.3. The Balaban J connectivity index is 1.70. The number of alkyl halides is 1. The fourth-order valence-corrected chi connectivity index (χ4v) is 5.84. The normalized spacial score (nSPS) is 15.6. The number of hydrogen-bond donors (Lipinski definition) is 2. The summed E-state index contributed by atoms with van der Waals surface area (Å²) in [6.45, 7) is 2.54. The van der Waals surface area contributed by atoms with E-state index in [-0.39, 0.29) is 41.1 Å². The number of pyridine rings is 1. The third-order valence-corrected chi connectivity index (χ3v) is 8.21.